The minimum Gasteiger partial charge on any atom is -0.497 e. The Bertz CT molecular complexity index is 1370. The lowest BCUT2D eigenvalue weighted by Crippen LogP contribution is -2.45. The largest absolute Gasteiger partial charge is 0.497 e. The molecule has 0 radical (unpaired) electrons. The Labute approximate surface area is 202 Å². The highest BCUT2D eigenvalue weighted by Gasteiger charge is 2.31. The van der Waals surface area contributed by atoms with Crippen LogP contribution in [0.25, 0.3) is 0 Å². The van der Waals surface area contributed by atoms with Gasteiger partial charge in [0.1, 0.15) is 17.3 Å². The van der Waals surface area contributed by atoms with Gasteiger partial charge < -0.3 is 14.2 Å². The van der Waals surface area contributed by atoms with Gasteiger partial charge in [0.15, 0.2) is 5.75 Å². The molecule has 0 saturated carbocycles. The van der Waals surface area contributed by atoms with Crippen LogP contribution in [0.2, 0.25) is 0 Å². The van der Waals surface area contributed by atoms with E-state index in [1.807, 2.05) is 0 Å². The summed E-state index contributed by atoms with van der Waals surface area (Å²) >= 11 is 0. The van der Waals surface area contributed by atoms with Gasteiger partial charge >= 0.3 is 12.0 Å². The Morgan fingerprint density at radius 2 is 1.80 bits per heavy atom. The number of urea groups is 1. The molecule has 0 spiro atoms. The SMILES string of the molecule is C=CS(=O)(=O)Nc1ccccc1Oc1ncc2c(n1)N(C)C(=O)N(c1cc(OC)cc(OC)c1)C2. The van der Waals surface area contributed by atoms with E-state index in [9.17, 15) is 13.2 Å². The van der Waals surface area contributed by atoms with E-state index >= 15 is 0 Å². The van der Waals surface area contributed by atoms with E-state index in [4.69, 9.17) is 14.2 Å². The predicted octanol–water partition coefficient (Wildman–Crippen LogP) is 3.75. The van der Waals surface area contributed by atoms with Gasteiger partial charge in [0.05, 0.1) is 32.1 Å². The van der Waals surface area contributed by atoms with Gasteiger partial charge in [0, 0.05) is 42.4 Å². The van der Waals surface area contributed by atoms with Crippen LogP contribution in [0.4, 0.5) is 22.0 Å². The van der Waals surface area contributed by atoms with Crippen molar-refractivity contribution < 1.29 is 27.4 Å². The van der Waals surface area contributed by atoms with Gasteiger partial charge in [-0.25, -0.2) is 18.2 Å². The van der Waals surface area contributed by atoms with Crippen LogP contribution in [0.3, 0.4) is 0 Å². The maximum Gasteiger partial charge on any atom is 0.330 e. The third-order valence-electron chi connectivity index (χ3n) is 5.19. The number of rotatable bonds is 8. The molecule has 4 rings (SSSR count). The second-order valence-electron chi connectivity index (χ2n) is 7.41. The summed E-state index contributed by atoms with van der Waals surface area (Å²) < 4.78 is 42.5. The molecule has 2 aromatic carbocycles. The normalized spacial score (nSPS) is 13.2. The Morgan fingerprint density at radius 1 is 1.11 bits per heavy atom. The highest BCUT2D eigenvalue weighted by atomic mass is 32.2. The Balaban J connectivity index is 1.63. The lowest BCUT2D eigenvalue weighted by Gasteiger charge is -2.34. The second kappa shape index (κ2) is 9.50. The molecular weight excluding hydrogens is 474 g/mol. The molecule has 3 aromatic rings. The summed E-state index contributed by atoms with van der Waals surface area (Å²) in [7, 11) is 0.918. The number of hydrogen-bond donors (Lipinski definition) is 1. The van der Waals surface area contributed by atoms with E-state index in [1.165, 1.54) is 25.2 Å². The van der Waals surface area contributed by atoms with Gasteiger partial charge in [-0.05, 0) is 12.1 Å². The van der Waals surface area contributed by atoms with Gasteiger partial charge in [0.25, 0.3) is 10.0 Å². The zero-order chi connectivity index (χ0) is 25.2. The third-order valence-corrected chi connectivity index (χ3v) is 6.13. The van der Waals surface area contributed by atoms with E-state index in [0.29, 0.717) is 28.6 Å². The van der Waals surface area contributed by atoms with Crippen molar-refractivity contribution in [2.24, 2.45) is 0 Å². The number of para-hydroxylation sites is 2. The number of carbonyl (C=O) groups is 1. The van der Waals surface area contributed by atoms with E-state index in [1.54, 1.807) is 54.5 Å². The van der Waals surface area contributed by atoms with E-state index in [-0.39, 0.29) is 30.0 Å². The fourth-order valence-corrected chi connectivity index (χ4v) is 3.98. The number of sulfonamides is 1. The van der Waals surface area contributed by atoms with Gasteiger partial charge in [-0.3, -0.25) is 14.5 Å². The van der Waals surface area contributed by atoms with Gasteiger partial charge in [0.2, 0.25) is 0 Å². The first-order valence-corrected chi connectivity index (χ1v) is 11.9. The molecule has 0 unspecified atom stereocenters. The molecule has 0 bridgehead atoms. The molecule has 1 aromatic heterocycles. The summed E-state index contributed by atoms with van der Waals surface area (Å²) in [6.45, 7) is 3.49. The van der Waals surface area contributed by atoms with Crippen LogP contribution in [-0.4, -0.2) is 45.7 Å². The van der Waals surface area contributed by atoms with Crippen LogP contribution >= 0.6 is 0 Å². The topological polar surface area (TPSA) is 123 Å². The molecule has 11 nitrogen and oxygen atoms in total. The summed E-state index contributed by atoms with van der Waals surface area (Å²) in [5.41, 5.74) is 1.46. The summed E-state index contributed by atoms with van der Waals surface area (Å²) in [4.78, 5) is 24.8. The monoisotopic (exact) mass is 497 g/mol. The molecule has 2 amide bonds. The van der Waals surface area contributed by atoms with Crippen molar-refractivity contribution in [2.45, 2.75) is 6.54 Å². The number of nitrogens with zero attached hydrogens (tertiary/aromatic N) is 4. The molecule has 1 N–H and O–H groups in total. The average molecular weight is 498 g/mol. The van der Waals surface area contributed by atoms with Crippen LogP contribution in [0.15, 0.2) is 60.6 Å². The minimum atomic E-state index is -3.74. The van der Waals surface area contributed by atoms with Crippen LogP contribution in [0, 0.1) is 0 Å². The number of anilines is 3. The number of hydrogen-bond acceptors (Lipinski definition) is 8. The van der Waals surface area contributed by atoms with Crippen LogP contribution < -0.4 is 28.7 Å². The highest BCUT2D eigenvalue weighted by molar-refractivity contribution is 7.95. The maximum absolute atomic E-state index is 13.2. The quantitative estimate of drug-likeness (QED) is 0.499. The molecule has 0 atom stereocenters. The summed E-state index contributed by atoms with van der Waals surface area (Å²) in [6, 6.07) is 11.2. The van der Waals surface area contributed by atoms with Crippen molar-refractivity contribution in [3.63, 3.8) is 0 Å². The van der Waals surface area contributed by atoms with E-state index in [0.717, 1.165) is 5.41 Å². The average Bonchev–Trinajstić information content (AvgIpc) is 2.87. The van der Waals surface area contributed by atoms with Crippen LogP contribution in [0.1, 0.15) is 5.56 Å². The van der Waals surface area contributed by atoms with E-state index in [2.05, 4.69) is 21.3 Å². The highest BCUT2D eigenvalue weighted by Crippen LogP contribution is 2.35. The number of benzene rings is 2. The number of fused-ring (bicyclic) bond motifs is 1. The van der Waals surface area contributed by atoms with E-state index < -0.39 is 10.0 Å². The van der Waals surface area contributed by atoms with Crippen LogP contribution in [0.5, 0.6) is 23.3 Å². The first-order valence-electron chi connectivity index (χ1n) is 10.3. The molecule has 12 heteroatoms. The minimum absolute atomic E-state index is 0.0508. The van der Waals surface area contributed by atoms with Crippen molar-refractivity contribution in [1.29, 1.82) is 0 Å². The van der Waals surface area contributed by atoms with Gasteiger partial charge in [-0.15, -0.1) is 0 Å². The summed E-state index contributed by atoms with van der Waals surface area (Å²) in [6.07, 6.45) is 1.56. The molecule has 1 aliphatic rings. The Hall–Kier alpha value is -4.32. The van der Waals surface area contributed by atoms with Crippen molar-refractivity contribution in [1.82, 2.24) is 9.97 Å². The lowest BCUT2D eigenvalue weighted by molar-refractivity contribution is 0.251. The zero-order valence-corrected chi connectivity index (χ0v) is 20.1. The summed E-state index contributed by atoms with van der Waals surface area (Å²) in [5, 5.41) is 0.795. The van der Waals surface area contributed by atoms with Crippen LogP contribution in [-0.2, 0) is 16.6 Å². The molecule has 182 valence electrons. The number of carbonyl (C=O) groups excluding carboxylic acids is 1. The molecule has 35 heavy (non-hydrogen) atoms. The lowest BCUT2D eigenvalue weighted by atomic mass is 10.2. The number of methoxy groups -OCH3 is 2. The van der Waals surface area contributed by atoms with Crippen molar-refractivity contribution in [2.75, 3.05) is 35.8 Å². The molecule has 0 fully saturated rings. The van der Waals surface area contributed by atoms with Gasteiger partial charge in [-0.2, -0.15) is 4.98 Å². The molecule has 2 heterocycles. The molecular formula is C23H23N5O6S. The number of nitrogens with one attached hydrogen (secondary N) is 1. The smallest absolute Gasteiger partial charge is 0.330 e. The number of ether oxygens (including phenoxy) is 3. The van der Waals surface area contributed by atoms with Crippen molar-refractivity contribution in [3.8, 4) is 23.3 Å². The summed E-state index contributed by atoms with van der Waals surface area (Å²) in [5.74, 6) is 1.65. The molecule has 0 aliphatic carbocycles. The Kier molecular flexibility index (Phi) is 6.47. The maximum atomic E-state index is 13.2. The number of amides is 2. The number of aromatic nitrogens is 2. The standard InChI is InChI=1S/C23H23N5O6S/c1-5-35(30,31)26-19-8-6-7-9-20(19)34-22-24-13-15-14-28(23(29)27(2)21(15)25-22)16-10-17(32-3)12-18(11-16)33-4/h5-13,26H,1,14H2,2-4H3. The fraction of sp³-hybridized carbons (Fsp3) is 0.174. The first-order chi connectivity index (χ1) is 16.7. The van der Waals surface area contributed by atoms with Crippen molar-refractivity contribution >= 4 is 33.2 Å². The molecule has 0 saturated heterocycles. The van der Waals surface area contributed by atoms with Crippen molar-refractivity contribution in [3.05, 3.63) is 66.2 Å². The van der Waals surface area contributed by atoms with Gasteiger partial charge in [-0.1, -0.05) is 18.7 Å². The third kappa shape index (κ3) is 4.96. The zero-order valence-electron chi connectivity index (χ0n) is 19.3. The first kappa shape index (κ1) is 23.8. The second-order valence-corrected chi connectivity index (χ2v) is 9.04. The fourth-order valence-electron chi connectivity index (χ4n) is 3.43. The predicted molar refractivity (Wildman–Crippen MR) is 131 cm³/mol. The Morgan fingerprint density at radius 3 is 2.46 bits per heavy atom. The molecule has 1 aliphatic heterocycles.